The average Bonchev–Trinajstić information content (AvgIpc) is 2.59. The topological polar surface area (TPSA) is 78.9 Å². The van der Waals surface area contributed by atoms with Gasteiger partial charge in [0.05, 0.1) is 6.10 Å². The molecule has 1 aliphatic rings. The van der Waals surface area contributed by atoms with Gasteiger partial charge in [0.1, 0.15) is 6.61 Å². The van der Waals surface area contributed by atoms with Crippen molar-refractivity contribution >= 4 is 23.8 Å². The second-order valence-corrected chi connectivity index (χ2v) is 8.04. The predicted molar refractivity (Wildman–Crippen MR) is 98.1 cm³/mol. The van der Waals surface area contributed by atoms with Gasteiger partial charge in [-0.2, -0.15) is 0 Å². The smallest absolute Gasteiger partial charge is 0.408 e. The van der Waals surface area contributed by atoms with E-state index in [9.17, 15) is 14.7 Å². The van der Waals surface area contributed by atoms with E-state index in [1.165, 1.54) is 11.8 Å². The molecule has 1 fully saturated rings. The summed E-state index contributed by atoms with van der Waals surface area (Å²) >= 11 is 1.37. The number of aliphatic hydroxyl groups excluding tert-OH is 1. The molecule has 2 amide bonds. The van der Waals surface area contributed by atoms with E-state index in [4.69, 9.17) is 4.74 Å². The van der Waals surface area contributed by atoms with Gasteiger partial charge in [-0.05, 0) is 18.4 Å². The Labute approximate surface area is 152 Å². The van der Waals surface area contributed by atoms with Gasteiger partial charge >= 0.3 is 6.09 Å². The molecule has 2 rings (SSSR count). The number of thioether (sulfide) groups is 1. The molecule has 2 N–H and O–H groups in total. The molecule has 25 heavy (non-hydrogen) atoms. The van der Waals surface area contributed by atoms with E-state index in [1.54, 1.807) is 4.90 Å². The number of carbonyl (C=O) groups is 2. The Hall–Kier alpha value is -1.73. The molecule has 6 nitrogen and oxygen atoms in total. The van der Waals surface area contributed by atoms with Gasteiger partial charge in [0.25, 0.3) is 5.91 Å². The van der Waals surface area contributed by atoms with Crippen molar-refractivity contribution in [1.29, 1.82) is 0 Å². The van der Waals surface area contributed by atoms with Crippen LogP contribution in [0.25, 0.3) is 0 Å². The molecule has 0 bridgehead atoms. The van der Waals surface area contributed by atoms with E-state index in [2.05, 4.69) is 5.32 Å². The highest BCUT2D eigenvalue weighted by molar-refractivity contribution is 8.01. The summed E-state index contributed by atoms with van der Waals surface area (Å²) in [5.41, 5.74) is 0.885. The van der Waals surface area contributed by atoms with E-state index in [0.29, 0.717) is 19.5 Å². The summed E-state index contributed by atoms with van der Waals surface area (Å²) in [5, 5.41) is 11.9. The van der Waals surface area contributed by atoms with Crippen molar-refractivity contribution in [3.63, 3.8) is 0 Å². The van der Waals surface area contributed by atoms with Crippen molar-refractivity contribution in [3.8, 4) is 0 Å². The molecule has 1 aromatic rings. The fourth-order valence-electron chi connectivity index (χ4n) is 2.62. The van der Waals surface area contributed by atoms with Gasteiger partial charge in [0.2, 0.25) is 0 Å². The number of rotatable bonds is 6. The standard InChI is InChI=1S/C18H26N2O4S/c1-13(2)25-16(17(22)20-10-6-9-15(21)11-20)19-18(23)24-12-14-7-4-3-5-8-14/h3-5,7-8,13,15-16,21H,6,9-12H2,1-2H3,(H,19,23). The number of aliphatic hydroxyl groups is 1. The van der Waals surface area contributed by atoms with Crippen LogP contribution >= 0.6 is 11.8 Å². The Morgan fingerprint density at radius 2 is 2.08 bits per heavy atom. The monoisotopic (exact) mass is 366 g/mol. The third-order valence-electron chi connectivity index (χ3n) is 3.80. The highest BCUT2D eigenvalue weighted by Gasteiger charge is 2.30. The molecule has 0 spiro atoms. The normalized spacial score (nSPS) is 18.7. The lowest BCUT2D eigenvalue weighted by molar-refractivity contribution is -0.134. The van der Waals surface area contributed by atoms with Crippen molar-refractivity contribution in [2.75, 3.05) is 13.1 Å². The molecule has 0 aromatic heterocycles. The molecule has 7 heteroatoms. The van der Waals surface area contributed by atoms with Crippen LogP contribution in [0.1, 0.15) is 32.3 Å². The van der Waals surface area contributed by atoms with Crippen LogP contribution in [0.2, 0.25) is 0 Å². The maximum absolute atomic E-state index is 12.7. The van der Waals surface area contributed by atoms with Gasteiger partial charge in [-0.1, -0.05) is 44.2 Å². The first-order valence-corrected chi connectivity index (χ1v) is 9.49. The number of likely N-dealkylation sites (tertiary alicyclic amines) is 1. The van der Waals surface area contributed by atoms with Crippen LogP contribution in [0.15, 0.2) is 30.3 Å². The van der Waals surface area contributed by atoms with Crippen molar-refractivity contribution in [2.24, 2.45) is 0 Å². The number of nitrogens with zero attached hydrogens (tertiary/aromatic N) is 1. The van der Waals surface area contributed by atoms with Crippen molar-refractivity contribution in [3.05, 3.63) is 35.9 Å². The molecule has 1 aliphatic heterocycles. The number of β-amino-alcohol motifs (C(OH)–C–C–N with tert-alkyl or cyclic N) is 1. The summed E-state index contributed by atoms with van der Waals surface area (Å²) in [6.07, 6.45) is 0.364. The fourth-order valence-corrected chi connectivity index (χ4v) is 3.59. The van der Waals surface area contributed by atoms with Crippen LogP contribution in [0.3, 0.4) is 0 Å². The van der Waals surface area contributed by atoms with Gasteiger partial charge in [0, 0.05) is 18.3 Å². The molecular weight excluding hydrogens is 340 g/mol. The van der Waals surface area contributed by atoms with E-state index in [-0.39, 0.29) is 17.8 Å². The van der Waals surface area contributed by atoms with Crippen LogP contribution < -0.4 is 5.32 Å². The first-order chi connectivity index (χ1) is 12.0. The van der Waals surface area contributed by atoms with Crippen molar-refractivity contribution in [1.82, 2.24) is 10.2 Å². The Morgan fingerprint density at radius 1 is 1.36 bits per heavy atom. The summed E-state index contributed by atoms with van der Waals surface area (Å²) < 4.78 is 5.22. The number of nitrogens with one attached hydrogen (secondary N) is 1. The van der Waals surface area contributed by atoms with E-state index in [1.807, 2.05) is 44.2 Å². The van der Waals surface area contributed by atoms with Crippen molar-refractivity contribution < 1.29 is 19.4 Å². The Bertz CT molecular complexity index is 567. The summed E-state index contributed by atoms with van der Waals surface area (Å²) in [4.78, 5) is 26.4. The number of alkyl carbamates (subject to hydrolysis) is 1. The largest absolute Gasteiger partial charge is 0.445 e. The fraction of sp³-hybridized carbons (Fsp3) is 0.556. The number of piperidine rings is 1. The second kappa shape index (κ2) is 9.68. The van der Waals surface area contributed by atoms with E-state index < -0.39 is 17.6 Å². The lowest BCUT2D eigenvalue weighted by Gasteiger charge is -2.33. The molecule has 0 saturated carbocycles. The minimum absolute atomic E-state index is 0.155. The van der Waals surface area contributed by atoms with Gasteiger partial charge < -0.3 is 20.1 Å². The minimum Gasteiger partial charge on any atom is -0.445 e. The summed E-state index contributed by atoms with van der Waals surface area (Å²) in [7, 11) is 0. The first kappa shape index (κ1) is 19.6. The number of amides is 2. The number of hydrogen-bond donors (Lipinski definition) is 2. The van der Waals surface area contributed by atoms with E-state index in [0.717, 1.165) is 12.0 Å². The quantitative estimate of drug-likeness (QED) is 0.756. The minimum atomic E-state index is -0.714. The molecule has 0 radical (unpaired) electrons. The lowest BCUT2D eigenvalue weighted by Crippen LogP contribution is -2.51. The van der Waals surface area contributed by atoms with Gasteiger partial charge in [-0.3, -0.25) is 4.79 Å². The molecular formula is C18H26N2O4S. The van der Waals surface area contributed by atoms with Crippen LogP contribution in [-0.4, -0.2) is 51.8 Å². The Morgan fingerprint density at radius 3 is 2.72 bits per heavy atom. The summed E-state index contributed by atoms with van der Waals surface area (Å²) in [6, 6.07) is 9.38. The number of carbonyl (C=O) groups excluding carboxylic acids is 2. The molecule has 2 unspecified atom stereocenters. The number of hydrogen-bond acceptors (Lipinski definition) is 5. The zero-order valence-corrected chi connectivity index (χ0v) is 15.5. The molecule has 2 atom stereocenters. The zero-order chi connectivity index (χ0) is 18.2. The Kier molecular flexibility index (Phi) is 7.58. The predicted octanol–water partition coefficient (Wildman–Crippen LogP) is 2.36. The Balaban J connectivity index is 1.91. The van der Waals surface area contributed by atoms with E-state index >= 15 is 0 Å². The SMILES string of the molecule is CC(C)SC(NC(=O)OCc1ccccc1)C(=O)N1CCCC(O)C1. The van der Waals surface area contributed by atoms with Gasteiger partial charge in [-0.25, -0.2) is 4.79 Å². The zero-order valence-electron chi connectivity index (χ0n) is 14.7. The molecule has 0 aliphatic carbocycles. The maximum Gasteiger partial charge on any atom is 0.408 e. The van der Waals surface area contributed by atoms with Crippen molar-refractivity contribution in [2.45, 2.75) is 50.0 Å². The van der Waals surface area contributed by atoms with Gasteiger partial charge in [0.15, 0.2) is 5.37 Å². The number of benzene rings is 1. The first-order valence-electron chi connectivity index (χ1n) is 8.55. The molecule has 138 valence electrons. The van der Waals surface area contributed by atoms with Crippen LogP contribution in [0.4, 0.5) is 4.79 Å². The lowest BCUT2D eigenvalue weighted by atomic mass is 10.1. The molecule has 1 heterocycles. The van der Waals surface area contributed by atoms with Crippen LogP contribution in [0.5, 0.6) is 0 Å². The average molecular weight is 366 g/mol. The van der Waals surface area contributed by atoms with Gasteiger partial charge in [-0.15, -0.1) is 11.8 Å². The van der Waals surface area contributed by atoms with Crippen LogP contribution in [-0.2, 0) is 16.1 Å². The molecule has 1 saturated heterocycles. The number of ether oxygens (including phenoxy) is 1. The summed E-state index contributed by atoms with van der Waals surface area (Å²) in [5.74, 6) is -0.186. The van der Waals surface area contributed by atoms with Crippen LogP contribution in [0, 0.1) is 0 Å². The third kappa shape index (κ3) is 6.59. The second-order valence-electron chi connectivity index (χ2n) is 6.35. The highest BCUT2D eigenvalue weighted by atomic mass is 32.2. The third-order valence-corrected chi connectivity index (χ3v) is 4.94. The maximum atomic E-state index is 12.7. The summed E-state index contributed by atoms with van der Waals surface area (Å²) in [6.45, 7) is 5.00. The highest BCUT2D eigenvalue weighted by Crippen LogP contribution is 2.20. The molecule has 1 aromatic carbocycles.